The van der Waals surface area contributed by atoms with Gasteiger partial charge in [-0.2, -0.15) is 0 Å². The van der Waals surface area contributed by atoms with E-state index in [0.717, 1.165) is 16.7 Å². The van der Waals surface area contributed by atoms with Gasteiger partial charge in [-0.05, 0) is 59.7 Å². The van der Waals surface area contributed by atoms with E-state index in [-0.39, 0.29) is 17.9 Å². The minimum absolute atomic E-state index is 0.173. The van der Waals surface area contributed by atoms with E-state index in [2.05, 4.69) is 10.6 Å². The lowest BCUT2D eigenvalue weighted by molar-refractivity contribution is -0.114. The van der Waals surface area contributed by atoms with Crippen LogP contribution >= 0.6 is 11.6 Å². The Bertz CT molecular complexity index is 1260. The fourth-order valence-electron chi connectivity index (χ4n) is 3.83. The maximum Gasteiger partial charge on any atom is 0.337 e. The van der Waals surface area contributed by atoms with E-state index in [1.54, 1.807) is 48.5 Å². The van der Waals surface area contributed by atoms with Crippen LogP contribution in [0, 0.1) is 0 Å². The third-order valence-electron chi connectivity index (χ3n) is 5.43. The van der Waals surface area contributed by atoms with Gasteiger partial charge in [0.25, 0.3) is 5.91 Å². The van der Waals surface area contributed by atoms with Gasteiger partial charge in [0.15, 0.2) is 0 Å². The molecule has 0 bridgehead atoms. The Morgan fingerprint density at radius 2 is 1.79 bits per heavy atom. The molecule has 2 N–H and O–H groups in total. The van der Waals surface area contributed by atoms with Gasteiger partial charge in [0.05, 0.1) is 24.2 Å². The topological polar surface area (TPSA) is 93.7 Å². The number of halogens is 1. The molecule has 174 valence electrons. The molecule has 34 heavy (non-hydrogen) atoms. The van der Waals surface area contributed by atoms with Crippen LogP contribution in [0.2, 0.25) is 5.02 Å². The molecule has 2 amide bonds. The number of hydrogen-bond acceptors (Lipinski definition) is 5. The third kappa shape index (κ3) is 5.21. The van der Waals surface area contributed by atoms with Crippen molar-refractivity contribution in [2.45, 2.75) is 19.4 Å². The van der Waals surface area contributed by atoms with Crippen molar-refractivity contribution in [1.82, 2.24) is 5.32 Å². The first kappa shape index (κ1) is 23.3. The van der Waals surface area contributed by atoms with Crippen LogP contribution in [0.5, 0.6) is 5.75 Å². The van der Waals surface area contributed by atoms with Crippen molar-refractivity contribution < 1.29 is 23.9 Å². The van der Waals surface area contributed by atoms with Gasteiger partial charge >= 0.3 is 5.97 Å². The number of carbonyl (C=O) groups excluding carboxylic acids is 3. The van der Waals surface area contributed by atoms with Crippen molar-refractivity contribution in [3.05, 3.63) is 82.4 Å². The predicted octanol–water partition coefficient (Wildman–Crippen LogP) is 4.49. The summed E-state index contributed by atoms with van der Waals surface area (Å²) in [6.45, 7) is 1.74. The number of fused-ring (bicyclic) bond motifs is 1. The van der Waals surface area contributed by atoms with E-state index < -0.39 is 5.97 Å². The molecular weight excluding hydrogens is 456 g/mol. The van der Waals surface area contributed by atoms with E-state index in [4.69, 9.17) is 21.1 Å². The van der Waals surface area contributed by atoms with Crippen molar-refractivity contribution in [2.75, 3.05) is 19.0 Å². The molecule has 0 radical (unpaired) electrons. The SMILES string of the molecule is COC(=O)c1cccc(-c2cc(Cl)c3c(c2)CC(CNC(=O)c2ccc(NC(C)=O)cc2)O3)c1. The first-order valence-corrected chi connectivity index (χ1v) is 11.1. The third-order valence-corrected chi connectivity index (χ3v) is 5.71. The van der Waals surface area contributed by atoms with Gasteiger partial charge in [0.2, 0.25) is 5.91 Å². The molecule has 0 saturated carbocycles. The lowest BCUT2D eigenvalue weighted by Gasteiger charge is -2.13. The molecule has 0 spiro atoms. The minimum atomic E-state index is -0.405. The number of benzene rings is 3. The molecule has 1 unspecified atom stereocenters. The van der Waals surface area contributed by atoms with Crippen molar-refractivity contribution >= 4 is 35.1 Å². The average molecular weight is 479 g/mol. The summed E-state index contributed by atoms with van der Waals surface area (Å²) in [5, 5.41) is 6.02. The Morgan fingerprint density at radius 3 is 2.50 bits per heavy atom. The molecule has 1 aliphatic heterocycles. The number of ether oxygens (including phenoxy) is 2. The minimum Gasteiger partial charge on any atom is -0.486 e. The van der Waals surface area contributed by atoms with E-state index in [9.17, 15) is 14.4 Å². The molecule has 4 rings (SSSR count). The van der Waals surface area contributed by atoms with Crippen LogP contribution < -0.4 is 15.4 Å². The number of nitrogens with one attached hydrogen (secondary N) is 2. The highest BCUT2D eigenvalue weighted by Gasteiger charge is 2.26. The van der Waals surface area contributed by atoms with E-state index in [1.807, 2.05) is 12.1 Å². The number of carbonyl (C=O) groups is 3. The van der Waals surface area contributed by atoms with Gasteiger partial charge in [-0.3, -0.25) is 9.59 Å². The van der Waals surface area contributed by atoms with Gasteiger partial charge in [-0.15, -0.1) is 0 Å². The molecule has 3 aromatic carbocycles. The molecule has 1 aliphatic rings. The lowest BCUT2D eigenvalue weighted by Crippen LogP contribution is -2.34. The van der Waals surface area contributed by atoms with Crippen LogP contribution in [0.3, 0.4) is 0 Å². The zero-order valence-corrected chi connectivity index (χ0v) is 19.4. The average Bonchev–Trinajstić information content (AvgIpc) is 3.26. The Balaban J connectivity index is 1.42. The van der Waals surface area contributed by atoms with Gasteiger partial charge in [-0.25, -0.2) is 4.79 Å². The molecule has 0 aliphatic carbocycles. The zero-order valence-electron chi connectivity index (χ0n) is 18.7. The normalized spacial score (nSPS) is 14.0. The first-order valence-electron chi connectivity index (χ1n) is 10.7. The van der Waals surface area contributed by atoms with Gasteiger partial charge in [0, 0.05) is 30.2 Å². The number of rotatable bonds is 6. The quantitative estimate of drug-likeness (QED) is 0.509. The first-order chi connectivity index (χ1) is 16.3. The van der Waals surface area contributed by atoms with Crippen LogP contribution in [0.4, 0.5) is 5.69 Å². The van der Waals surface area contributed by atoms with Crippen molar-refractivity contribution in [2.24, 2.45) is 0 Å². The molecular formula is C26H23ClN2O5. The molecule has 1 heterocycles. The van der Waals surface area contributed by atoms with E-state index in [1.165, 1.54) is 14.0 Å². The maximum atomic E-state index is 12.5. The van der Waals surface area contributed by atoms with Crippen molar-refractivity contribution in [1.29, 1.82) is 0 Å². The van der Waals surface area contributed by atoms with Crippen molar-refractivity contribution in [3.63, 3.8) is 0 Å². The summed E-state index contributed by atoms with van der Waals surface area (Å²) in [6.07, 6.45) is 0.327. The maximum absolute atomic E-state index is 12.5. The Morgan fingerprint density at radius 1 is 1.03 bits per heavy atom. The highest BCUT2D eigenvalue weighted by Crippen LogP contribution is 2.39. The predicted molar refractivity (Wildman–Crippen MR) is 129 cm³/mol. The molecule has 0 saturated heterocycles. The summed E-state index contributed by atoms with van der Waals surface area (Å²) in [5.74, 6) is -0.208. The van der Waals surface area contributed by atoms with E-state index >= 15 is 0 Å². The lowest BCUT2D eigenvalue weighted by atomic mass is 9.99. The molecule has 0 aromatic heterocycles. The van der Waals surface area contributed by atoms with Crippen LogP contribution in [-0.2, 0) is 16.0 Å². The summed E-state index contributed by atoms with van der Waals surface area (Å²) in [7, 11) is 1.35. The summed E-state index contributed by atoms with van der Waals surface area (Å²) >= 11 is 6.50. The summed E-state index contributed by atoms with van der Waals surface area (Å²) in [4.78, 5) is 35.5. The number of methoxy groups -OCH3 is 1. The van der Waals surface area contributed by atoms with Crippen LogP contribution in [-0.4, -0.2) is 37.5 Å². The number of amides is 2. The standard InChI is InChI=1S/C26H23ClN2O5/c1-15(30)29-21-8-6-16(7-9-21)25(31)28-14-22-12-20-11-19(13-23(27)24(20)34-22)17-4-3-5-18(10-17)26(32)33-2/h3-11,13,22H,12,14H2,1-2H3,(H,28,31)(H,29,30). The monoisotopic (exact) mass is 478 g/mol. The zero-order chi connectivity index (χ0) is 24.2. The number of anilines is 1. The summed E-state index contributed by atoms with van der Waals surface area (Å²) < 4.78 is 10.8. The summed E-state index contributed by atoms with van der Waals surface area (Å²) in [5.41, 5.74) is 4.20. The van der Waals surface area contributed by atoms with Gasteiger partial charge in [-0.1, -0.05) is 23.7 Å². The Kier molecular flexibility index (Phi) is 6.84. The molecule has 0 fully saturated rings. The van der Waals surface area contributed by atoms with Crippen LogP contribution in [0.1, 0.15) is 33.2 Å². The van der Waals surface area contributed by atoms with Gasteiger partial charge < -0.3 is 20.1 Å². The largest absolute Gasteiger partial charge is 0.486 e. The molecule has 7 nitrogen and oxygen atoms in total. The second-order valence-corrected chi connectivity index (χ2v) is 8.34. The van der Waals surface area contributed by atoms with Gasteiger partial charge in [0.1, 0.15) is 11.9 Å². The number of hydrogen-bond donors (Lipinski definition) is 2. The molecule has 1 atom stereocenters. The van der Waals surface area contributed by atoms with Crippen molar-refractivity contribution in [3.8, 4) is 16.9 Å². The number of esters is 1. The highest BCUT2D eigenvalue weighted by atomic mass is 35.5. The smallest absolute Gasteiger partial charge is 0.337 e. The Hall–Kier alpha value is -3.84. The van der Waals surface area contributed by atoms with Crippen LogP contribution in [0.15, 0.2) is 60.7 Å². The fourth-order valence-corrected chi connectivity index (χ4v) is 4.11. The second-order valence-electron chi connectivity index (χ2n) is 7.93. The fraction of sp³-hybridized carbons (Fsp3) is 0.192. The highest BCUT2D eigenvalue weighted by molar-refractivity contribution is 6.32. The van der Waals surface area contributed by atoms with E-state index in [0.29, 0.717) is 40.6 Å². The Labute approximate surface area is 202 Å². The summed E-state index contributed by atoms with van der Waals surface area (Å²) in [6, 6.07) is 17.6. The second kappa shape index (κ2) is 9.97. The molecule has 8 heteroatoms. The van der Waals surface area contributed by atoms with Crippen LogP contribution in [0.25, 0.3) is 11.1 Å². The molecule has 3 aromatic rings.